The molecule has 2 amide bonds. The van der Waals surface area contributed by atoms with Crippen LogP contribution in [0.5, 0.6) is 0 Å². The summed E-state index contributed by atoms with van der Waals surface area (Å²) in [6, 6.07) is 19.6. The SMILES string of the molecule is CCOC(=O)C1=C(CN2CCC(Cc3ccccc3)CC2)N(CC)C(=O)NC1c1ccccc1. The summed E-state index contributed by atoms with van der Waals surface area (Å²) in [4.78, 5) is 30.3. The van der Waals surface area contributed by atoms with Crippen molar-refractivity contribution in [3.8, 4) is 0 Å². The van der Waals surface area contributed by atoms with Crippen LogP contribution in [0.1, 0.15) is 43.9 Å². The van der Waals surface area contributed by atoms with Crippen molar-refractivity contribution in [1.29, 1.82) is 0 Å². The van der Waals surface area contributed by atoms with Gasteiger partial charge in [0.05, 0.1) is 18.2 Å². The number of piperidine rings is 1. The largest absolute Gasteiger partial charge is 0.463 e. The first kappa shape index (κ1) is 24.0. The topological polar surface area (TPSA) is 61.9 Å². The molecule has 1 saturated heterocycles. The number of benzene rings is 2. The molecular formula is C28H35N3O3. The first-order valence-corrected chi connectivity index (χ1v) is 12.4. The van der Waals surface area contributed by atoms with Gasteiger partial charge in [-0.1, -0.05) is 60.7 Å². The number of carbonyl (C=O) groups is 2. The molecule has 180 valence electrons. The van der Waals surface area contributed by atoms with Crippen LogP contribution in [0.15, 0.2) is 71.9 Å². The summed E-state index contributed by atoms with van der Waals surface area (Å²) in [7, 11) is 0. The van der Waals surface area contributed by atoms with Gasteiger partial charge in [-0.15, -0.1) is 0 Å². The number of carbonyl (C=O) groups excluding carboxylic acids is 2. The Morgan fingerprint density at radius 2 is 1.65 bits per heavy atom. The number of amides is 2. The van der Waals surface area contributed by atoms with Crippen molar-refractivity contribution in [1.82, 2.24) is 15.1 Å². The average molecular weight is 462 g/mol. The second-order valence-corrected chi connectivity index (χ2v) is 9.03. The van der Waals surface area contributed by atoms with Crippen molar-refractivity contribution in [2.75, 3.05) is 32.8 Å². The molecule has 6 heteroatoms. The van der Waals surface area contributed by atoms with E-state index in [-0.39, 0.29) is 12.0 Å². The lowest BCUT2D eigenvalue weighted by molar-refractivity contribution is -0.139. The van der Waals surface area contributed by atoms with E-state index in [1.807, 2.05) is 44.2 Å². The van der Waals surface area contributed by atoms with E-state index in [1.165, 1.54) is 5.56 Å². The molecule has 1 fully saturated rings. The minimum Gasteiger partial charge on any atom is -0.463 e. The highest BCUT2D eigenvalue weighted by Gasteiger charge is 2.38. The Morgan fingerprint density at radius 1 is 1.00 bits per heavy atom. The molecule has 0 radical (unpaired) electrons. The van der Waals surface area contributed by atoms with Crippen LogP contribution in [0.3, 0.4) is 0 Å². The lowest BCUT2D eigenvalue weighted by atomic mass is 9.89. The van der Waals surface area contributed by atoms with Gasteiger partial charge < -0.3 is 10.1 Å². The number of likely N-dealkylation sites (tertiary alicyclic amines) is 1. The quantitative estimate of drug-likeness (QED) is 0.586. The van der Waals surface area contributed by atoms with Crippen molar-refractivity contribution in [3.05, 3.63) is 83.1 Å². The van der Waals surface area contributed by atoms with Gasteiger partial charge in [0.15, 0.2) is 0 Å². The Labute approximate surface area is 202 Å². The molecule has 0 saturated carbocycles. The first-order valence-electron chi connectivity index (χ1n) is 12.4. The first-order chi connectivity index (χ1) is 16.6. The third-order valence-corrected chi connectivity index (χ3v) is 6.83. The second-order valence-electron chi connectivity index (χ2n) is 9.03. The van der Waals surface area contributed by atoms with Gasteiger partial charge in [0.1, 0.15) is 0 Å². The van der Waals surface area contributed by atoms with E-state index in [9.17, 15) is 9.59 Å². The van der Waals surface area contributed by atoms with Crippen LogP contribution in [-0.4, -0.2) is 54.6 Å². The van der Waals surface area contributed by atoms with Crippen LogP contribution in [0.25, 0.3) is 0 Å². The maximum atomic E-state index is 13.2. The van der Waals surface area contributed by atoms with Gasteiger partial charge in [-0.3, -0.25) is 9.80 Å². The van der Waals surface area contributed by atoms with E-state index in [2.05, 4.69) is 40.5 Å². The Morgan fingerprint density at radius 3 is 2.26 bits per heavy atom. The number of nitrogens with one attached hydrogen (secondary N) is 1. The van der Waals surface area contributed by atoms with Crippen LogP contribution in [0.2, 0.25) is 0 Å². The number of esters is 1. The van der Waals surface area contributed by atoms with Crippen LogP contribution < -0.4 is 5.32 Å². The maximum Gasteiger partial charge on any atom is 0.338 e. The smallest absolute Gasteiger partial charge is 0.338 e. The minimum atomic E-state index is -0.513. The fraction of sp³-hybridized carbons (Fsp3) is 0.429. The lowest BCUT2D eigenvalue weighted by Gasteiger charge is -2.39. The number of hydrogen-bond donors (Lipinski definition) is 1. The predicted molar refractivity (Wildman–Crippen MR) is 133 cm³/mol. The summed E-state index contributed by atoms with van der Waals surface area (Å²) in [5, 5.41) is 3.03. The van der Waals surface area contributed by atoms with Gasteiger partial charge in [-0.2, -0.15) is 0 Å². The molecule has 0 spiro atoms. The fourth-order valence-electron chi connectivity index (χ4n) is 5.06. The van der Waals surface area contributed by atoms with Gasteiger partial charge in [-0.25, -0.2) is 9.59 Å². The third-order valence-electron chi connectivity index (χ3n) is 6.83. The molecule has 2 aromatic rings. The van der Waals surface area contributed by atoms with Crippen molar-refractivity contribution >= 4 is 12.0 Å². The van der Waals surface area contributed by atoms with E-state index in [1.54, 1.807) is 4.90 Å². The molecule has 2 aromatic carbocycles. The zero-order valence-electron chi connectivity index (χ0n) is 20.2. The molecule has 0 aliphatic carbocycles. The number of nitrogens with zero attached hydrogens (tertiary/aromatic N) is 2. The molecule has 1 N–H and O–H groups in total. The zero-order chi connectivity index (χ0) is 23.9. The molecule has 0 bridgehead atoms. The van der Waals surface area contributed by atoms with Crippen molar-refractivity contribution in [2.24, 2.45) is 5.92 Å². The van der Waals surface area contributed by atoms with E-state index in [0.717, 1.165) is 43.6 Å². The molecule has 1 atom stereocenters. The molecule has 34 heavy (non-hydrogen) atoms. The average Bonchev–Trinajstić information content (AvgIpc) is 2.86. The normalized spacial score (nSPS) is 19.8. The number of ether oxygens (including phenoxy) is 1. The summed E-state index contributed by atoms with van der Waals surface area (Å²) in [6.45, 7) is 7.01. The Hall–Kier alpha value is -3.12. The van der Waals surface area contributed by atoms with Gasteiger partial charge in [0.25, 0.3) is 0 Å². The van der Waals surface area contributed by atoms with Gasteiger partial charge in [0.2, 0.25) is 0 Å². The number of likely N-dealkylation sites (N-methyl/N-ethyl adjacent to an activating group) is 1. The van der Waals surface area contributed by atoms with Crippen molar-refractivity contribution < 1.29 is 14.3 Å². The van der Waals surface area contributed by atoms with Crippen LogP contribution in [0, 0.1) is 5.92 Å². The number of urea groups is 1. The molecule has 2 aliphatic rings. The monoisotopic (exact) mass is 461 g/mol. The Kier molecular flexibility index (Phi) is 8.01. The van der Waals surface area contributed by atoms with E-state index in [0.29, 0.717) is 31.2 Å². The van der Waals surface area contributed by atoms with Gasteiger partial charge in [-0.05, 0) is 63.2 Å². The van der Waals surface area contributed by atoms with E-state index in [4.69, 9.17) is 4.74 Å². The highest BCUT2D eigenvalue weighted by molar-refractivity contribution is 5.95. The standard InChI is InChI=1S/C28H35N3O3/c1-3-31-24(20-30-17-15-22(16-18-30)19-21-11-7-5-8-12-21)25(27(32)34-4-2)26(29-28(31)33)23-13-9-6-10-14-23/h5-14,22,26H,3-4,15-20H2,1-2H3,(H,29,33). The lowest BCUT2D eigenvalue weighted by Crippen LogP contribution is -2.51. The van der Waals surface area contributed by atoms with Crippen LogP contribution >= 0.6 is 0 Å². The van der Waals surface area contributed by atoms with Crippen LogP contribution in [0.4, 0.5) is 4.79 Å². The molecule has 4 rings (SSSR count). The Bertz CT molecular complexity index is 998. The summed E-state index contributed by atoms with van der Waals surface area (Å²) in [5.74, 6) is 0.301. The van der Waals surface area contributed by atoms with Crippen molar-refractivity contribution in [2.45, 2.75) is 39.2 Å². The summed E-state index contributed by atoms with van der Waals surface area (Å²) < 4.78 is 5.47. The van der Waals surface area contributed by atoms with Crippen LogP contribution in [-0.2, 0) is 16.0 Å². The molecule has 1 unspecified atom stereocenters. The molecular weight excluding hydrogens is 426 g/mol. The summed E-state index contributed by atoms with van der Waals surface area (Å²) >= 11 is 0. The number of rotatable bonds is 8. The molecule has 2 aliphatic heterocycles. The van der Waals surface area contributed by atoms with Gasteiger partial charge in [0, 0.05) is 18.8 Å². The molecule has 2 heterocycles. The van der Waals surface area contributed by atoms with E-state index >= 15 is 0 Å². The highest BCUT2D eigenvalue weighted by Crippen LogP contribution is 2.33. The zero-order valence-corrected chi connectivity index (χ0v) is 20.2. The van der Waals surface area contributed by atoms with Gasteiger partial charge >= 0.3 is 12.0 Å². The second kappa shape index (κ2) is 11.3. The fourth-order valence-corrected chi connectivity index (χ4v) is 5.06. The third kappa shape index (κ3) is 5.50. The highest BCUT2D eigenvalue weighted by atomic mass is 16.5. The minimum absolute atomic E-state index is 0.168. The maximum absolute atomic E-state index is 13.2. The Balaban J connectivity index is 1.56. The summed E-state index contributed by atoms with van der Waals surface area (Å²) in [5.41, 5.74) is 3.58. The van der Waals surface area contributed by atoms with E-state index < -0.39 is 6.04 Å². The predicted octanol–water partition coefficient (Wildman–Crippen LogP) is 4.54. The summed E-state index contributed by atoms with van der Waals surface area (Å²) in [6.07, 6.45) is 3.32. The number of hydrogen-bond acceptors (Lipinski definition) is 4. The van der Waals surface area contributed by atoms with Crippen molar-refractivity contribution in [3.63, 3.8) is 0 Å². The molecule has 6 nitrogen and oxygen atoms in total. The molecule has 0 aromatic heterocycles.